The van der Waals surface area contributed by atoms with E-state index in [1.807, 2.05) is 6.07 Å². The number of amides is 1. The number of hydrogen-bond acceptors (Lipinski definition) is 4. The second-order valence-corrected chi connectivity index (χ2v) is 3.09. The highest BCUT2D eigenvalue weighted by Crippen LogP contribution is 2.07. The molecule has 3 N–H and O–H groups in total. The monoisotopic (exact) mass is 215 g/mol. The first-order valence-electron chi connectivity index (χ1n) is 4.57. The summed E-state index contributed by atoms with van der Waals surface area (Å²) >= 11 is 0. The van der Waals surface area contributed by atoms with Crippen molar-refractivity contribution >= 4 is 18.1 Å². The molecule has 0 unspecified atom stereocenters. The third kappa shape index (κ3) is 2.30. The van der Waals surface area contributed by atoms with Gasteiger partial charge in [0.05, 0.1) is 0 Å². The molecule has 0 spiro atoms. The molecule has 0 atom stereocenters. The number of carbonyl (C=O) groups excluding carboxylic acids is 1. The van der Waals surface area contributed by atoms with Gasteiger partial charge in [-0.25, -0.2) is 0 Å². The quantitative estimate of drug-likeness (QED) is 0.777. The fraction of sp³-hybridized carbons (Fsp3) is 0. The van der Waals surface area contributed by atoms with Gasteiger partial charge in [-0.15, -0.1) is 10.2 Å². The van der Waals surface area contributed by atoms with Crippen LogP contribution >= 0.6 is 0 Å². The number of nitrogens with two attached hydrogens (primary N) is 1. The zero-order valence-electron chi connectivity index (χ0n) is 8.29. The second kappa shape index (κ2) is 4.35. The number of rotatable bonds is 3. The summed E-state index contributed by atoms with van der Waals surface area (Å²) in [7, 11) is 0. The average Bonchev–Trinajstić information content (AvgIpc) is 2.79. The van der Waals surface area contributed by atoms with Gasteiger partial charge >= 0.3 is 0 Å². The van der Waals surface area contributed by atoms with Crippen molar-refractivity contribution in [1.82, 2.24) is 20.6 Å². The summed E-state index contributed by atoms with van der Waals surface area (Å²) in [4.78, 5) is 10.9. The molecular formula is C10H9N5O. The van der Waals surface area contributed by atoms with Gasteiger partial charge in [0, 0.05) is 5.56 Å². The Morgan fingerprint density at radius 1 is 1.38 bits per heavy atom. The molecule has 16 heavy (non-hydrogen) atoms. The Morgan fingerprint density at radius 3 is 2.94 bits per heavy atom. The minimum atomic E-state index is -0.449. The Kier molecular flexibility index (Phi) is 2.73. The van der Waals surface area contributed by atoms with Crippen molar-refractivity contribution in [3.8, 4) is 0 Å². The van der Waals surface area contributed by atoms with E-state index in [0.29, 0.717) is 11.4 Å². The lowest BCUT2D eigenvalue weighted by atomic mass is 10.1. The molecular weight excluding hydrogens is 206 g/mol. The Labute approximate surface area is 91.2 Å². The van der Waals surface area contributed by atoms with E-state index in [9.17, 15) is 4.79 Å². The predicted molar refractivity (Wildman–Crippen MR) is 58.1 cm³/mol. The normalized spacial score (nSPS) is 10.8. The van der Waals surface area contributed by atoms with E-state index in [4.69, 9.17) is 5.73 Å². The Morgan fingerprint density at radius 2 is 2.25 bits per heavy atom. The zero-order valence-corrected chi connectivity index (χ0v) is 8.29. The molecule has 6 heteroatoms. The number of H-pyrrole nitrogens is 1. The topological polar surface area (TPSA) is 97.5 Å². The number of nitrogens with zero attached hydrogens (tertiary/aromatic N) is 3. The molecule has 1 aromatic carbocycles. The molecule has 0 aliphatic carbocycles. The maximum Gasteiger partial charge on any atom is 0.248 e. The van der Waals surface area contributed by atoms with E-state index >= 15 is 0 Å². The summed E-state index contributed by atoms with van der Waals surface area (Å²) in [5, 5.41) is 13.3. The van der Waals surface area contributed by atoms with E-state index < -0.39 is 5.91 Å². The first kappa shape index (κ1) is 10.0. The Hall–Kier alpha value is -2.50. The molecule has 0 aliphatic heterocycles. The van der Waals surface area contributed by atoms with Gasteiger partial charge in [0.25, 0.3) is 0 Å². The summed E-state index contributed by atoms with van der Waals surface area (Å²) in [6.45, 7) is 0. The van der Waals surface area contributed by atoms with E-state index in [1.165, 1.54) is 0 Å². The van der Waals surface area contributed by atoms with Crippen molar-refractivity contribution in [2.24, 2.45) is 5.73 Å². The summed E-state index contributed by atoms with van der Waals surface area (Å²) in [6.07, 6.45) is 3.46. The number of aromatic amines is 1. The van der Waals surface area contributed by atoms with Crippen molar-refractivity contribution in [3.05, 3.63) is 41.2 Å². The van der Waals surface area contributed by atoms with Crippen LogP contribution in [0.15, 0.2) is 24.3 Å². The zero-order chi connectivity index (χ0) is 11.4. The average molecular weight is 215 g/mol. The fourth-order valence-corrected chi connectivity index (χ4v) is 1.21. The highest BCUT2D eigenvalue weighted by Gasteiger charge is 1.99. The van der Waals surface area contributed by atoms with Crippen LogP contribution < -0.4 is 5.73 Å². The third-order valence-corrected chi connectivity index (χ3v) is 1.96. The van der Waals surface area contributed by atoms with Crippen LogP contribution in [0.2, 0.25) is 0 Å². The molecule has 80 valence electrons. The van der Waals surface area contributed by atoms with Crippen LogP contribution in [-0.2, 0) is 0 Å². The molecule has 0 radical (unpaired) electrons. The predicted octanol–water partition coefficient (Wildman–Crippen LogP) is 0.469. The van der Waals surface area contributed by atoms with Crippen LogP contribution in [0.1, 0.15) is 21.7 Å². The number of benzene rings is 1. The first-order chi connectivity index (χ1) is 7.75. The maximum atomic E-state index is 10.9. The van der Waals surface area contributed by atoms with Crippen molar-refractivity contribution in [3.63, 3.8) is 0 Å². The number of carbonyl (C=O) groups is 1. The van der Waals surface area contributed by atoms with Gasteiger partial charge in [-0.05, 0) is 29.0 Å². The van der Waals surface area contributed by atoms with Gasteiger partial charge < -0.3 is 5.73 Å². The molecule has 0 saturated heterocycles. The molecule has 0 aliphatic rings. The number of primary amides is 1. The lowest BCUT2D eigenvalue weighted by molar-refractivity contribution is 0.100. The molecule has 6 nitrogen and oxygen atoms in total. The van der Waals surface area contributed by atoms with E-state index in [2.05, 4.69) is 20.6 Å². The second-order valence-electron chi connectivity index (χ2n) is 3.09. The lowest BCUT2D eigenvalue weighted by Crippen LogP contribution is -2.10. The molecule has 1 amide bonds. The largest absolute Gasteiger partial charge is 0.366 e. The first-order valence-corrected chi connectivity index (χ1v) is 4.57. The van der Waals surface area contributed by atoms with Gasteiger partial charge in [-0.1, -0.05) is 18.2 Å². The minimum absolute atomic E-state index is 0.449. The van der Waals surface area contributed by atoms with Crippen molar-refractivity contribution < 1.29 is 4.79 Å². The van der Waals surface area contributed by atoms with Gasteiger partial charge in [0.1, 0.15) is 0 Å². The van der Waals surface area contributed by atoms with Crippen LogP contribution in [0.3, 0.4) is 0 Å². The standard InChI is InChI=1S/C10H9N5O/c11-10(16)8-3-1-2-7(6-8)4-5-9-12-14-15-13-9/h1-6H,(H2,11,16)(H,12,13,14,15). The molecule has 0 bridgehead atoms. The minimum Gasteiger partial charge on any atom is -0.366 e. The van der Waals surface area contributed by atoms with Gasteiger partial charge in [0.15, 0.2) is 5.82 Å². The van der Waals surface area contributed by atoms with E-state index in [-0.39, 0.29) is 0 Å². The van der Waals surface area contributed by atoms with Gasteiger partial charge in [-0.3, -0.25) is 4.79 Å². The Balaban J connectivity index is 2.22. The van der Waals surface area contributed by atoms with Gasteiger partial charge in [0.2, 0.25) is 5.91 Å². The Bertz CT molecular complexity index is 518. The number of aromatic nitrogens is 4. The van der Waals surface area contributed by atoms with Crippen LogP contribution in [0, 0.1) is 0 Å². The van der Waals surface area contributed by atoms with Crippen molar-refractivity contribution in [2.75, 3.05) is 0 Å². The summed E-state index contributed by atoms with van der Waals surface area (Å²) < 4.78 is 0. The smallest absolute Gasteiger partial charge is 0.248 e. The molecule has 2 aromatic rings. The number of tetrazole rings is 1. The SMILES string of the molecule is NC(=O)c1cccc(C=Cc2nn[nH]n2)c1. The molecule has 0 saturated carbocycles. The molecule has 1 aromatic heterocycles. The summed E-state index contributed by atoms with van der Waals surface area (Å²) in [5.41, 5.74) is 6.49. The number of hydrogen-bond donors (Lipinski definition) is 2. The van der Waals surface area contributed by atoms with Crippen molar-refractivity contribution in [2.45, 2.75) is 0 Å². The van der Waals surface area contributed by atoms with Crippen molar-refractivity contribution in [1.29, 1.82) is 0 Å². The van der Waals surface area contributed by atoms with Crippen LogP contribution in [0.5, 0.6) is 0 Å². The third-order valence-electron chi connectivity index (χ3n) is 1.96. The van der Waals surface area contributed by atoms with Crippen LogP contribution in [-0.4, -0.2) is 26.5 Å². The molecule has 0 fully saturated rings. The van der Waals surface area contributed by atoms with Crippen LogP contribution in [0.25, 0.3) is 12.2 Å². The highest BCUT2D eigenvalue weighted by molar-refractivity contribution is 5.93. The summed E-state index contributed by atoms with van der Waals surface area (Å²) in [6, 6.07) is 6.96. The fourth-order valence-electron chi connectivity index (χ4n) is 1.21. The molecule has 2 rings (SSSR count). The van der Waals surface area contributed by atoms with Gasteiger partial charge in [-0.2, -0.15) is 5.21 Å². The lowest BCUT2D eigenvalue weighted by Gasteiger charge is -1.96. The van der Waals surface area contributed by atoms with E-state index in [0.717, 1.165) is 5.56 Å². The summed E-state index contributed by atoms with van der Waals surface area (Å²) in [5.74, 6) is 0.0271. The maximum absolute atomic E-state index is 10.9. The van der Waals surface area contributed by atoms with E-state index in [1.54, 1.807) is 30.4 Å². The highest BCUT2D eigenvalue weighted by atomic mass is 16.1. The number of nitrogens with one attached hydrogen (secondary N) is 1. The molecule has 1 heterocycles. The van der Waals surface area contributed by atoms with Crippen LogP contribution in [0.4, 0.5) is 0 Å².